The van der Waals surface area contributed by atoms with Crippen LogP contribution in [0.15, 0.2) is 48.2 Å². The summed E-state index contributed by atoms with van der Waals surface area (Å²) in [6.45, 7) is 5.60. The first-order valence-electron chi connectivity index (χ1n) is 10.6. The summed E-state index contributed by atoms with van der Waals surface area (Å²) in [5.74, 6) is 1.45. The Kier molecular flexibility index (Phi) is 6.53. The van der Waals surface area contributed by atoms with Crippen LogP contribution in [0, 0.1) is 0 Å². The van der Waals surface area contributed by atoms with Gasteiger partial charge < -0.3 is 14.8 Å². The first-order valence-corrected chi connectivity index (χ1v) is 11.0. The topological polar surface area (TPSA) is 54.0 Å². The van der Waals surface area contributed by atoms with Crippen molar-refractivity contribution in [2.75, 3.05) is 31.7 Å². The third-order valence-corrected chi connectivity index (χ3v) is 5.78. The first-order chi connectivity index (χ1) is 15.1. The fourth-order valence-corrected chi connectivity index (χ4v) is 4.29. The quantitative estimate of drug-likeness (QED) is 0.523. The number of hydrogen-bond acceptors (Lipinski definition) is 5. The molecule has 0 radical (unpaired) electrons. The van der Waals surface area contributed by atoms with Gasteiger partial charge in [-0.05, 0) is 93.1 Å². The number of nitrogens with one attached hydrogen (secondary N) is 1. The Morgan fingerprint density at radius 2 is 1.87 bits per heavy atom. The van der Waals surface area contributed by atoms with Gasteiger partial charge in [0.1, 0.15) is 17.2 Å². The number of likely N-dealkylation sites (tertiary alicyclic amines) is 1. The van der Waals surface area contributed by atoms with E-state index in [0.717, 1.165) is 42.3 Å². The van der Waals surface area contributed by atoms with Gasteiger partial charge in [-0.15, -0.1) is 0 Å². The van der Waals surface area contributed by atoms with E-state index in [2.05, 4.69) is 16.3 Å². The molecule has 2 fully saturated rings. The van der Waals surface area contributed by atoms with Crippen molar-refractivity contribution in [1.82, 2.24) is 10.2 Å². The second-order valence-corrected chi connectivity index (χ2v) is 8.00. The molecule has 0 unspecified atom stereocenters. The van der Waals surface area contributed by atoms with E-state index in [-0.39, 0.29) is 5.91 Å². The Bertz CT molecular complexity index is 998. The molecule has 2 heterocycles. The molecule has 2 aromatic carbocycles. The highest BCUT2D eigenvalue weighted by Crippen LogP contribution is 2.27. The zero-order valence-corrected chi connectivity index (χ0v) is 18.7. The van der Waals surface area contributed by atoms with Crippen LogP contribution in [0.25, 0.3) is 6.08 Å². The molecule has 0 aliphatic carbocycles. The van der Waals surface area contributed by atoms with Crippen LogP contribution >= 0.6 is 12.2 Å². The molecular weight excluding hydrogens is 410 g/mol. The van der Waals surface area contributed by atoms with E-state index in [9.17, 15) is 4.79 Å². The van der Waals surface area contributed by atoms with Gasteiger partial charge in [0, 0.05) is 12.1 Å². The molecule has 2 aromatic rings. The van der Waals surface area contributed by atoms with Crippen molar-refractivity contribution >= 4 is 35.0 Å². The van der Waals surface area contributed by atoms with Gasteiger partial charge in [0.25, 0.3) is 5.91 Å². The molecule has 31 heavy (non-hydrogen) atoms. The van der Waals surface area contributed by atoms with E-state index >= 15 is 0 Å². The predicted molar refractivity (Wildman–Crippen MR) is 126 cm³/mol. The predicted octanol–water partition coefficient (Wildman–Crippen LogP) is 3.95. The monoisotopic (exact) mass is 437 g/mol. The molecular formula is C24H27N3O3S. The van der Waals surface area contributed by atoms with E-state index in [1.54, 1.807) is 7.11 Å². The van der Waals surface area contributed by atoms with Gasteiger partial charge in [-0.25, -0.2) is 0 Å². The van der Waals surface area contributed by atoms with Crippen LogP contribution in [0.3, 0.4) is 0 Å². The van der Waals surface area contributed by atoms with Crippen molar-refractivity contribution in [3.63, 3.8) is 0 Å². The van der Waals surface area contributed by atoms with Crippen LogP contribution in [-0.2, 0) is 11.3 Å². The lowest BCUT2D eigenvalue weighted by Crippen LogP contribution is -2.30. The third-order valence-electron chi connectivity index (χ3n) is 5.49. The van der Waals surface area contributed by atoms with Crippen molar-refractivity contribution in [3.05, 3.63) is 59.3 Å². The van der Waals surface area contributed by atoms with E-state index < -0.39 is 0 Å². The minimum atomic E-state index is -0.175. The number of nitrogens with zero attached hydrogens (tertiary/aromatic N) is 2. The lowest BCUT2D eigenvalue weighted by Gasteiger charge is -2.17. The van der Waals surface area contributed by atoms with E-state index in [1.807, 2.05) is 49.4 Å². The summed E-state index contributed by atoms with van der Waals surface area (Å²) in [4.78, 5) is 17.0. The molecule has 6 nitrogen and oxygen atoms in total. The van der Waals surface area contributed by atoms with Crippen molar-refractivity contribution in [2.45, 2.75) is 26.3 Å². The maximum atomic E-state index is 13.1. The molecule has 1 N–H and O–H groups in total. The summed E-state index contributed by atoms with van der Waals surface area (Å²) in [6, 6.07) is 13.3. The molecule has 4 rings (SSSR count). The largest absolute Gasteiger partial charge is 0.496 e. The Labute approximate surface area is 188 Å². The number of rotatable bonds is 7. The van der Waals surface area contributed by atoms with Crippen molar-refractivity contribution in [3.8, 4) is 11.5 Å². The number of carbonyl (C=O) groups excluding carboxylic acids is 1. The lowest BCUT2D eigenvalue weighted by molar-refractivity contribution is -0.113. The first kappa shape index (κ1) is 21.3. The highest BCUT2D eigenvalue weighted by atomic mass is 32.1. The van der Waals surface area contributed by atoms with Crippen LogP contribution in [-0.4, -0.2) is 42.7 Å². The van der Waals surface area contributed by atoms with Crippen LogP contribution in [0.2, 0.25) is 0 Å². The molecule has 2 aliphatic heterocycles. The van der Waals surface area contributed by atoms with Gasteiger partial charge in [-0.1, -0.05) is 6.07 Å². The Balaban J connectivity index is 1.56. The maximum Gasteiger partial charge on any atom is 0.281 e. The molecule has 162 valence electrons. The molecule has 7 heteroatoms. The number of ether oxygens (including phenoxy) is 2. The summed E-state index contributed by atoms with van der Waals surface area (Å²) < 4.78 is 11.0. The molecule has 0 atom stereocenters. The second-order valence-electron chi connectivity index (χ2n) is 7.61. The zero-order valence-electron chi connectivity index (χ0n) is 17.9. The molecule has 0 bridgehead atoms. The van der Waals surface area contributed by atoms with E-state index in [1.165, 1.54) is 17.7 Å². The van der Waals surface area contributed by atoms with Crippen LogP contribution < -0.4 is 19.7 Å². The number of thiocarbonyl (C=S) groups is 1. The van der Waals surface area contributed by atoms with E-state index in [4.69, 9.17) is 21.7 Å². The lowest BCUT2D eigenvalue weighted by atomic mass is 10.1. The van der Waals surface area contributed by atoms with Gasteiger partial charge in [0.15, 0.2) is 5.11 Å². The Hall–Kier alpha value is -2.90. The van der Waals surface area contributed by atoms with Gasteiger partial charge in [0.05, 0.1) is 19.4 Å². The summed E-state index contributed by atoms with van der Waals surface area (Å²) in [6.07, 6.45) is 4.32. The van der Waals surface area contributed by atoms with Crippen molar-refractivity contribution in [2.24, 2.45) is 0 Å². The van der Waals surface area contributed by atoms with Gasteiger partial charge in [-0.2, -0.15) is 0 Å². The minimum absolute atomic E-state index is 0.175. The highest BCUT2D eigenvalue weighted by Gasteiger charge is 2.32. The number of carbonyl (C=O) groups is 1. The van der Waals surface area contributed by atoms with Crippen molar-refractivity contribution in [1.29, 1.82) is 0 Å². The second kappa shape index (κ2) is 9.49. The smallest absolute Gasteiger partial charge is 0.281 e. The third kappa shape index (κ3) is 4.73. The molecule has 0 aromatic heterocycles. The summed E-state index contributed by atoms with van der Waals surface area (Å²) in [7, 11) is 1.69. The van der Waals surface area contributed by atoms with Crippen LogP contribution in [0.4, 0.5) is 5.69 Å². The summed E-state index contributed by atoms with van der Waals surface area (Å²) in [5.41, 5.74) is 3.22. The SMILES string of the molecule is CCOc1ccc(N2C(=O)/C(=C\c3ccc(OC)c(CN4CCCC4)c3)NC2=S)cc1. The standard InChI is InChI=1S/C24H27N3O3S/c1-3-30-20-9-7-19(8-10-20)27-23(28)21(25-24(27)31)15-17-6-11-22(29-2)18(14-17)16-26-12-4-5-13-26/h6-11,14-15H,3-5,12-13,16H2,1-2H3,(H,25,31)/b21-15+. The number of amides is 1. The van der Waals surface area contributed by atoms with Gasteiger partial charge >= 0.3 is 0 Å². The summed E-state index contributed by atoms with van der Waals surface area (Å²) in [5, 5.41) is 3.42. The number of benzene rings is 2. The Morgan fingerprint density at radius 1 is 1.13 bits per heavy atom. The van der Waals surface area contributed by atoms with Crippen LogP contribution in [0.1, 0.15) is 30.9 Å². The Morgan fingerprint density at radius 3 is 2.55 bits per heavy atom. The van der Waals surface area contributed by atoms with Crippen molar-refractivity contribution < 1.29 is 14.3 Å². The minimum Gasteiger partial charge on any atom is -0.496 e. The summed E-state index contributed by atoms with van der Waals surface area (Å²) >= 11 is 5.43. The fraction of sp³-hybridized carbons (Fsp3) is 0.333. The van der Waals surface area contributed by atoms with Crippen LogP contribution in [0.5, 0.6) is 11.5 Å². The zero-order chi connectivity index (χ0) is 21.8. The van der Waals surface area contributed by atoms with E-state index in [0.29, 0.717) is 23.1 Å². The molecule has 0 saturated carbocycles. The number of hydrogen-bond donors (Lipinski definition) is 1. The fourth-order valence-electron chi connectivity index (χ4n) is 3.99. The number of anilines is 1. The maximum absolute atomic E-state index is 13.1. The molecule has 0 spiro atoms. The van der Waals surface area contributed by atoms with Gasteiger partial charge in [-0.3, -0.25) is 14.6 Å². The highest BCUT2D eigenvalue weighted by molar-refractivity contribution is 7.80. The average Bonchev–Trinajstić information content (AvgIpc) is 3.37. The molecule has 1 amide bonds. The normalized spacial score (nSPS) is 18.0. The molecule has 2 aliphatic rings. The average molecular weight is 438 g/mol. The number of methoxy groups -OCH3 is 1. The van der Waals surface area contributed by atoms with Gasteiger partial charge in [0.2, 0.25) is 0 Å². The molecule has 2 saturated heterocycles.